The normalized spacial score (nSPS) is 14.5. The lowest BCUT2D eigenvalue weighted by Gasteiger charge is -2.25. The first-order valence-electron chi connectivity index (χ1n) is 10.7. The van der Waals surface area contributed by atoms with E-state index in [1.807, 2.05) is 28.9 Å². The summed E-state index contributed by atoms with van der Waals surface area (Å²) in [5.74, 6) is 0.868. The largest absolute Gasteiger partial charge is 0.312 e. The molecule has 0 amide bonds. The minimum atomic E-state index is 0.555. The van der Waals surface area contributed by atoms with E-state index < -0.39 is 0 Å². The predicted molar refractivity (Wildman–Crippen MR) is 115 cm³/mol. The number of imidazole rings is 1. The van der Waals surface area contributed by atoms with Gasteiger partial charge in [0.15, 0.2) is 5.65 Å². The van der Waals surface area contributed by atoms with Crippen LogP contribution in [0.25, 0.3) is 22.6 Å². The summed E-state index contributed by atoms with van der Waals surface area (Å²) in [5, 5.41) is 20.3. The van der Waals surface area contributed by atoms with Crippen molar-refractivity contribution in [2.24, 2.45) is 5.92 Å². The first-order chi connectivity index (χ1) is 15.3. The summed E-state index contributed by atoms with van der Waals surface area (Å²) in [5.41, 5.74) is 5.58. The molecule has 0 bridgehead atoms. The number of fused-ring (bicyclic) bond motifs is 2. The van der Waals surface area contributed by atoms with Crippen molar-refractivity contribution in [1.29, 1.82) is 0 Å². The molecule has 0 aromatic carbocycles. The second-order valence-corrected chi connectivity index (χ2v) is 8.25. The highest BCUT2D eigenvalue weighted by Crippen LogP contribution is 2.25. The summed E-state index contributed by atoms with van der Waals surface area (Å²) in [6, 6.07) is 8.14. The smallest absolute Gasteiger partial charge is 0.170 e. The fourth-order valence-corrected chi connectivity index (χ4v) is 4.10. The Bertz CT molecular complexity index is 1340. The molecule has 0 saturated heterocycles. The van der Waals surface area contributed by atoms with Gasteiger partial charge in [0.1, 0.15) is 17.7 Å². The van der Waals surface area contributed by atoms with E-state index in [0.29, 0.717) is 6.54 Å². The Balaban J connectivity index is 1.18. The first-order valence-corrected chi connectivity index (χ1v) is 10.7. The van der Waals surface area contributed by atoms with Gasteiger partial charge in [0, 0.05) is 30.7 Å². The molecule has 0 unspecified atom stereocenters. The average molecular weight is 413 g/mol. The zero-order valence-electron chi connectivity index (χ0n) is 17.1. The maximum atomic E-state index is 4.73. The molecule has 31 heavy (non-hydrogen) atoms. The third kappa shape index (κ3) is 3.57. The molecule has 9 heteroatoms. The van der Waals surface area contributed by atoms with Crippen molar-refractivity contribution < 1.29 is 0 Å². The molecule has 0 radical (unpaired) electrons. The fourth-order valence-electron chi connectivity index (χ4n) is 4.10. The van der Waals surface area contributed by atoms with Crippen LogP contribution in [0, 0.1) is 5.92 Å². The van der Waals surface area contributed by atoms with E-state index in [-0.39, 0.29) is 0 Å². The van der Waals surface area contributed by atoms with Gasteiger partial charge in [-0.3, -0.25) is 4.40 Å². The minimum Gasteiger partial charge on any atom is -0.312 e. The number of nitrogens with one attached hydrogen (secondary N) is 1. The number of hydrogen-bond acceptors (Lipinski definition) is 6. The number of nitrogens with zero attached hydrogens (tertiary/aromatic N) is 8. The van der Waals surface area contributed by atoms with Crippen LogP contribution in [0.1, 0.15) is 30.5 Å². The Morgan fingerprint density at radius 3 is 2.90 bits per heavy atom. The Kier molecular flexibility index (Phi) is 4.45. The summed E-state index contributed by atoms with van der Waals surface area (Å²) >= 11 is 0. The monoisotopic (exact) mass is 413 g/mol. The van der Waals surface area contributed by atoms with Crippen molar-refractivity contribution in [3.8, 4) is 11.3 Å². The Morgan fingerprint density at radius 2 is 2.00 bits per heavy atom. The summed E-state index contributed by atoms with van der Waals surface area (Å²) in [7, 11) is 0. The SMILES string of the molecule is c1cc(-c2cn(Cc3cn4cc(CNCC5CCC5)ccc4n3)nn2)c2nncn2c1. The van der Waals surface area contributed by atoms with E-state index in [4.69, 9.17) is 4.98 Å². The van der Waals surface area contributed by atoms with Gasteiger partial charge in [-0.2, -0.15) is 0 Å². The molecule has 1 N–H and O–H groups in total. The minimum absolute atomic E-state index is 0.555. The topological polar surface area (TPSA) is 90.2 Å². The lowest BCUT2D eigenvalue weighted by Crippen LogP contribution is -2.26. The van der Waals surface area contributed by atoms with E-state index >= 15 is 0 Å². The van der Waals surface area contributed by atoms with Crippen LogP contribution in [0.5, 0.6) is 0 Å². The predicted octanol–water partition coefficient (Wildman–Crippen LogP) is 2.57. The van der Waals surface area contributed by atoms with E-state index in [1.165, 1.54) is 24.8 Å². The van der Waals surface area contributed by atoms with Crippen LogP contribution in [-0.4, -0.2) is 45.5 Å². The number of aromatic nitrogens is 8. The standard InChI is InChI=1S/C22H23N9/c1-3-16(4-1)9-23-10-17-6-7-21-25-18(12-30(21)11-17)13-31-14-20(26-28-31)19-5-2-8-29-15-24-27-22(19)29/h2,5-8,11-12,14-16,23H,1,3-4,9-10,13H2. The third-order valence-corrected chi connectivity index (χ3v) is 6.01. The lowest BCUT2D eigenvalue weighted by atomic mass is 9.85. The van der Waals surface area contributed by atoms with E-state index in [9.17, 15) is 0 Å². The van der Waals surface area contributed by atoms with Crippen LogP contribution in [0.3, 0.4) is 0 Å². The van der Waals surface area contributed by atoms with E-state index in [0.717, 1.165) is 47.3 Å². The molecule has 6 rings (SSSR count). The zero-order chi connectivity index (χ0) is 20.6. The molecule has 5 heterocycles. The van der Waals surface area contributed by atoms with Crippen LogP contribution in [0.2, 0.25) is 0 Å². The Morgan fingerprint density at radius 1 is 1.03 bits per heavy atom. The zero-order valence-corrected chi connectivity index (χ0v) is 17.1. The lowest BCUT2D eigenvalue weighted by molar-refractivity contribution is 0.301. The van der Waals surface area contributed by atoms with Crippen molar-refractivity contribution >= 4 is 11.3 Å². The van der Waals surface area contributed by atoms with Crippen LogP contribution < -0.4 is 5.32 Å². The van der Waals surface area contributed by atoms with Crippen molar-refractivity contribution in [2.45, 2.75) is 32.4 Å². The molecule has 0 aliphatic heterocycles. The van der Waals surface area contributed by atoms with Gasteiger partial charge in [0.05, 0.1) is 18.4 Å². The summed E-state index contributed by atoms with van der Waals surface area (Å²) in [6.07, 6.45) is 13.9. The van der Waals surface area contributed by atoms with Crippen LogP contribution in [-0.2, 0) is 13.1 Å². The average Bonchev–Trinajstić information content (AvgIpc) is 3.48. The van der Waals surface area contributed by atoms with Gasteiger partial charge < -0.3 is 9.72 Å². The molecule has 9 nitrogen and oxygen atoms in total. The molecule has 5 aromatic rings. The van der Waals surface area contributed by atoms with Gasteiger partial charge in [-0.1, -0.05) is 17.7 Å². The van der Waals surface area contributed by atoms with Crippen LogP contribution >= 0.6 is 0 Å². The molecular formula is C22H23N9. The molecule has 5 aromatic heterocycles. The van der Waals surface area contributed by atoms with Crippen LogP contribution in [0.15, 0.2) is 55.4 Å². The van der Waals surface area contributed by atoms with Gasteiger partial charge in [-0.15, -0.1) is 15.3 Å². The second-order valence-electron chi connectivity index (χ2n) is 8.25. The van der Waals surface area contributed by atoms with Crippen molar-refractivity contribution in [3.63, 3.8) is 0 Å². The second kappa shape index (κ2) is 7.59. The highest BCUT2D eigenvalue weighted by molar-refractivity contribution is 5.73. The van der Waals surface area contributed by atoms with E-state index in [1.54, 1.807) is 11.0 Å². The van der Waals surface area contributed by atoms with Gasteiger partial charge in [-0.25, -0.2) is 9.67 Å². The number of rotatable bonds is 7. The maximum Gasteiger partial charge on any atom is 0.170 e. The highest BCUT2D eigenvalue weighted by Gasteiger charge is 2.16. The highest BCUT2D eigenvalue weighted by atomic mass is 15.4. The Labute approximate surface area is 178 Å². The van der Waals surface area contributed by atoms with Gasteiger partial charge in [-0.05, 0) is 49.1 Å². The van der Waals surface area contributed by atoms with E-state index in [2.05, 4.69) is 54.8 Å². The van der Waals surface area contributed by atoms with Crippen LogP contribution in [0.4, 0.5) is 0 Å². The van der Waals surface area contributed by atoms with Gasteiger partial charge >= 0.3 is 0 Å². The number of hydrogen-bond donors (Lipinski definition) is 1. The molecular weight excluding hydrogens is 390 g/mol. The maximum absolute atomic E-state index is 4.73. The molecule has 1 aliphatic rings. The molecule has 1 aliphatic carbocycles. The fraction of sp³-hybridized carbons (Fsp3) is 0.318. The molecule has 156 valence electrons. The van der Waals surface area contributed by atoms with Crippen molar-refractivity contribution in [3.05, 3.63) is 66.6 Å². The summed E-state index contributed by atoms with van der Waals surface area (Å²) in [6.45, 7) is 2.56. The molecule has 1 saturated carbocycles. The van der Waals surface area contributed by atoms with Crippen molar-refractivity contribution in [1.82, 2.24) is 44.3 Å². The molecule has 0 spiro atoms. The summed E-state index contributed by atoms with van der Waals surface area (Å²) in [4.78, 5) is 4.73. The third-order valence-electron chi connectivity index (χ3n) is 6.01. The summed E-state index contributed by atoms with van der Waals surface area (Å²) < 4.78 is 5.76. The molecule has 0 atom stereocenters. The van der Waals surface area contributed by atoms with Gasteiger partial charge in [0.2, 0.25) is 0 Å². The molecule has 1 fully saturated rings. The quantitative estimate of drug-likeness (QED) is 0.441. The van der Waals surface area contributed by atoms with Gasteiger partial charge in [0.25, 0.3) is 0 Å². The first kappa shape index (κ1) is 18.2. The Hall–Kier alpha value is -3.59. The van der Waals surface area contributed by atoms with Crippen molar-refractivity contribution in [2.75, 3.05) is 6.54 Å². The number of pyridine rings is 2.